The summed E-state index contributed by atoms with van der Waals surface area (Å²) >= 11 is 5.95. The molecule has 2 rings (SSSR count). The van der Waals surface area contributed by atoms with Crippen molar-refractivity contribution < 1.29 is 4.74 Å². The predicted molar refractivity (Wildman–Crippen MR) is 86.6 cm³/mol. The molecule has 1 heterocycles. The zero-order valence-corrected chi connectivity index (χ0v) is 12.2. The van der Waals surface area contributed by atoms with Gasteiger partial charge in [-0.3, -0.25) is 0 Å². The number of hydrogen-bond acceptors (Lipinski definition) is 3. The summed E-state index contributed by atoms with van der Waals surface area (Å²) in [6.45, 7) is 0. The summed E-state index contributed by atoms with van der Waals surface area (Å²) in [4.78, 5) is 8.08. The van der Waals surface area contributed by atoms with Gasteiger partial charge in [-0.1, -0.05) is 35.9 Å². The van der Waals surface area contributed by atoms with E-state index in [9.17, 15) is 0 Å². The van der Waals surface area contributed by atoms with Gasteiger partial charge in [0.1, 0.15) is 5.75 Å². The van der Waals surface area contributed by atoms with Gasteiger partial charge in [-0.25, -0.2) is 4.98 Å². The number of ether oxygens (including phenoxy) is 1. The van der Waals surface area contributed by atoms with Gasteiger partial charge in [0.2, 0.25) is 0 Å². The molecule has 0 bridgehead atoms. The van der Waals surface area contributed by atoms with Crippen LogP contribution in [0.3, 0.4) is 0 Å². The highest BCUT2D eigenvalue weighted by Gasteiger charge is 2.02. The summed E-state index contributed by atoms with van der Waals surface area (Å²) in [5.74, 6) is 1.17. The van der Waals surface area contributed by atoms with Crippen LogP contribution < -0.4 is 16.2 Å². The van der Waals surface area contributed by atoms with Crippen molar-refractivity contribution in [1.29, 1.82) is 0 Å². The molecule has 0 atom stereocenters. The maximum atomic E-state index is 5.95. The van der Waals surface area contributed by atoms with E-state index in [-0.39, 0.29) is 5.96 Å². The van der Waals surface area contributed by atoms with Crippen molar-refractivity contribution in [2.24, 2.45) is 16.5 Å². The van der Waals surface area contributed by atoms with E-state index in [0.717, 1.165) is 16.9 Å². The molecule has 4 N–H and O–H groups in total. The fourth-order valence-electron chi connectivity index (χ4n) is 1.69. The molecule has 0 aliphatic heterocycles. The summed E-state index contributed by atoms with van der Waals surface area (Å²) in [6.07, 6.45) is 5.26. The van der Waals surface area contributed by atoms with Gasteiger partial charge in [0.15, 0.2) is 11.8 Å². The van der Waals surface area contributed by atoms with Crippen LogP contribution in [-0.4, -0.2) is 18.1 Å². The number of aromatic nitrogens is 1. The molecular formula is C15H15ClN4O. The van der Waals surface area contributed by atoms with Gasteiger partial charge in [0, 0.05) is 11.8 Å². The summed E-state index contributed by atoms with van der Waals surface area (Å²) in [6, 6.07) is 9.39. The van der Waals surface area contributed by atoms with E-state index in [0.29, 0.717) is 10.8 Å². The zero-order valence-electron chi connectivity index (χ0n) is 11.5. The van der Waals surface area contributed by atoms with Crippen molar-refractivity contribution in [3.05, 3.63) is 52.7 Å². The molecule has 0 aliphatic rings. The fourth-order valence-corrected chi connectivity index (χ4v) is 1.85. The van der Waals surface area contributed by atoms with E-state index in [2.05, 4.69) is 9.98 Å². The molecular weight excluding hydrogens is 288 g/mol. The monoisotopic (exact) mass is 302 g/mol. The molecule has 1 aromatic heterocycles. The van der Waals surface area contributed by atoms with E-state index in [4.69, 9.17) is 27.8 Å². The van der Waals surface area contributed by atoms with Gasteiger partial charge >= 0.3 is 0 Å². The minimum atomic E-state index is -0.0519. The van der Waals surface area contributed by atoms with E-state index in [1.54, 1.807) is 13.2 Å². The van der Waals surface area contributed by atoms with Gasteiger partial charge in [0.25, 0.3) is 0 Å². The Balaban J connectivity index is 2.30. The van der Waals surface area contributed by atoms with Crippen LogP contribution in [0.4, 0.5) is 5.82 Å². The first-order valence-electron chi connectivity index (χ1n) is 6.16. The van der Waals surface area contributed by atoms with Crippen molar-refractivity contribution in [3.8, 4) is 5.75 Å². The molecule has 1 aromatic carbocycles. The number of pyridine rings is 1. The van der Waals surface area contributed by atoms with Crippen LogP contribution in [0.5, 0.6) is 5.75 Å². The number of guanidine groups is 1. The molecule has 108 valence electrons. The first-order chi connectivity index (χ1) is 10.1. The number of benzene rings is 1. The van der Waals surface area contributed by atoms with Crippen LogP contribution in [0.2, 0.25) is 5.02 Å². The van der Waals surface area contributed by atoms with Crippen LogP contribution >= 0.6 is 11.6 Å². The second-order valence-corrected chi connectivity index (χ2v) is 4.65. The molecule has 21 heavy (non-hydrogen) atoms. The number of hydrogen-bond donors (Lipinski definition) is 2. The normalized spacial score (nSPS) is 10.6. The molecule has 6 heteroatoms. The van der Waals surface area contributed by atoms with Crippen molar-refractivity contribution in [2.45, 2.75) is 0 Å². The smallest absolute Gasteiger partial charge is 0.192 e. The molecule has 0 spiro atoms. The third-order valence-corrected chi connectivity index (χ3v) is 2.87. The lowest BCUT2D eigenvalue weighted by atomic mass is 10.1. The second kappa shape index (κ2) is 6.76. The van der Waals surface area contributed by atoms with Crippen LogP contribution in [0.1, 0.15) is 11.1 Å². The molecule has 0 amide bonds. The van der Waals surface area contributed by atoms with Crippen molar-refractivity contribution >= 4 is 35.5 Å². The van der Waals surface area contributed by atoms with E-state index >= 15 is 0 Å². The Hall–Kier alpha value is -2.53. The van der Waals surface area contributed by atoms with E-state index in [1.165, 1.54) is 6.20 Å². The molecule has 0 fully saturated rings. The predicted octanol–water partition coefficient (Wildman–Crippen LogP) is 2.82. The maximum Gasteiger partial charge on any atom is 0.192 e. The van der Waals surface area contributed by atoms with Crippen LogP contribution in [0.15, 0.2) is 41.5 Å². The first kappa shape index (κ1) is 14.9. The summed E-state index contributed by atoms with van der Waals surface area (Å²) < 4.78 is 5.11. The highest BCUT2D eigenvalue weighted by molar-refractivity contribution is 6.30. The quantitative estimate of drug-likeness (QED) is 0.671. The van der Waals surface area contributed by atoms with Gasteiger partial charge in [-0.15, -0.1) is 0 Å². The summed E-state index contributed by atoms with van der Waals surface area (Å²) in [5.41, 5.74) is 12.5. The highest BCUT2D eigenvalue weighted by Crippen LogP contribution is 2.22. The largest absolute Gasteiger partial charge is 0.497 e. The molecule has 0 aliphatic carbocycles. The first-order valence-corrected chi connectivity index (χ1v) is 6.53. The molecule has 2 aromatic rings. The van der Waals surface area contributed by atoms with Crippen LogP contribution in [0, 0.1) is 0 Å². The fraction of sp³-hybridized carbons (Fsp3) is 0.0667. The molecule has 0 radical (unpaired) electrons. The van der Waals surface area contributed by atoms with Gasteiger partial charge < -0.3 is 16.2 Å². The Morgan fingerprint density at radius 2 is 1.95 bits per heavy atom. The minimum Gasteiger partial charge on any atom is -0.497 e. The molecule has 0 unspecified atom stereocenters. The third-order valence-electron chi connectivity index (χ3n) is 2.67. The van der Waals surface area contributed by atoms with E-state index in [1.807, 2.05) is 36.4 Å². The highest BCUT2D eigenvalue weighted by atomic mass is 35.5. The average Bonchev–Trinajstić information content (AvgIpc) is 2.47. The van der Waals surface area contributed by atoms with Gasteiger partial charge in [0.05, 0.1) is 12.1 Å². The second-order valence-electron chi connectivity index (χ2n) is 4.21. The Morgan fingerprint density at radius 1 is 1.24 bits per heavy atom. The number of methoxy groups -OCH3 is 1. The number of aliphatic imine (C=N–C) groups is 1. The Kier molecular flexibility index (Phi) is 4.79. The number of rotatable bonds is 4. The minimum absolute atomic E-state index is 0.0519. The van der Waals surface area contributed by atoms with Crippen molar-refractivity contribution in [3.63, 3.8) is 0 Å². The van der Waals surface area contributed by atoms with Crippen LogP contribution in [0.25, 0.3) is 12.2 Å². The van der Waals surface area contributed by atoms with Crippen LogP contribution in [-0.2, 0) is 0 Å². The number of halogens is 1. The van der Waals surface area contributed by atoms with Crippen molar-refractivity contribution in [1.82, 2.24) is 4.98 Å². The van der Waals surface area contributed by atoms with E-state index < -0.39 is 0 Å². The topological polar surface area (TPSA) is 86.5 Å². The average molecular weight is 303 g/mol. The lowest BCUT2D eigenvalue weighted by Crippen LogP contribution is -2.22. The SMILES string of the molecule is COc1ccc(/C=C/c2cc(Cl)cnc2N=C(N)N)cc1. The Morgan fingerprint density at radius 3 is 2.57 bits per heavy atom. The molecule has 0 saturated carbocycles. The summed E-state index contributed by atoms with van der Waals surface area (Å²) in [7, 11) is 1.63. The lowest BCUT2D eigenvalue weighted by Gasteiger charge is -2.02. The Labute approximate surface area is 127 Å². The standard InChI is InChI=1S/C15H15ClN4O/c1-21-13-6-3-10(4-7-13)2-5-11-8-12(16)9-19-14(11)20-15(17)18/h2-9H,1H3,(H4,17,18,19,20)/b5-2+. The molecule has 0 saturated heterocycles. The maximum absolute atomic E-state index is 5.95. The third kappa shape index (κ3) is 4.22. The summed E-state index contributed by atoms with van der Waals surface area (Å²) in [5, 5.41) is 0.513. The van der Waals surface area contributed by atoms with Crippen molar-refractivity contribution in [2.75, 3.05) is 7.11 Å². The number of nitrogens with zero attached hydrogens (tertiary/aromatic N) is 2. The number of nitrogens with two attached hydrogens (primary N) is 2. The molecule has 5 nitrogen and oxygen atoms in total. The van der Waals surface area contributed by atoms with Gasteiger partial charge in [-0.2, -0.15) is 4.99 Å². The van der Waals surface area contributed by atoms with Gasteiger partial charge in [-0.05, 0) is 23.8 Å². The lowest BCUT2D eigenvalue weighted by molar-refractivity contribution is 0.415. The Bertz CT molecular complexity index is 677. The zero-order chi connectivity index (χ0) is 15.2.